The van der Waals surface area contributed by atoms with E-state index in [0.717, 1.165) is 26.5 Å². The molecule has 0 atom stereocenters. The number of nitro benzene ring substituents is 1. The molecule has 0 saturated heterocycles. The molecule has 0 aliphatic carbocycles. The minimum atomic E-state index is -5.10. The topological polar surface area (TPSA) is 136 Å². The van der Waals surface area contributed by atoms with Crippen LogP contribution in [-0.4, -0.2) is 42.2 Å². The van der Waals surface area contributed by atoms with Gasteiger partial charge in [0.25, 0.3) is 5.69 Å². The van der Waals surface area contributed by atoms with Gasteiger partial charge in [0.05, 0.1) is 35.8 Å². The van der Waals surface area contributed by atoms with Gasteiger partial charge in [0.15, 0.2) is 0 Å². The first-order chi connectivity index (χ1) is 14.4. The Morgan fingerprint density at radius 3 is 2.19 bits per heavy atom. The molecule has 1 aliphatic rings. The number of nitrogens with zero attached hydrogens (tertiary/aromatic N) is 2. The fourth-order valence-electron chi connectivity index (χ4n) is 2.67. The van der Waals surface area contributed by atoms with Crippen molar-refractivity contribution in [3.63, 3.8) is 0 Å². The summed E-state index contributed by atoms with van der Waals surface area (Å²) in [6.07, 6.45) is -0.648. The van der Waals surface area contributed by atoms with E-state index in [9.17, 15) is 42.8 Å². The van der Waals surface area contributed by atoms with Gasteiger partial charge in [-0.3, -0.25) is 10.1 Å². The highest BCUT2D eigenvalue weighted by atomic mass is 19.4. The minimum Gasteiger partial charge on any atom is -0.478 e. The van der Waals surface area contributed by atoms with Crippen LogP contribution in [0.4, 0.5) is 24.5 Å². The maximum Gasteiger partial charge on any atom is 0.416 e. The zero-order chi connectivity index (χ0) is 23.5. The van der Waals surface area contributed by atoms with E-state index in [1.165, 1.54) is 12.2 Å². The van der Waals surface area contributed by atoms with Gasteiger partial charge in [-0.1, -0.05) is 6.08 Å². The molecule has 2 rings (SSSR count). The van der Waals surface area contributed by atoms with Crippen LogP contribution in [-0.2, 0) is 25.2 Å². The van der Waals surface area contributed by atoms with Gasteiger partial charge >= 0.3 is 24.1 Å². The molecule has 1 aromatic rings. The number of halogens is 3. The Bertz CT molecular complexity index is 1020. The number of hydrogen-bond acceptors (Lipinski definition) is 8. The lowest BCUT2D eigenvalue weighted by Crippen LogP contribution is -2.29. The van der Waals surface area contributed by atoms with Crippen molar-refractivity contribution in [3.05, 3.63) is 69.1 Å². The number of carbonyl (C=O) groups excluding carboxylic acids is 2. The second-order valence-corrected chi connectivity index (χ2v) is 5.77. The summed E-state index contributed by atoms with van der Waals surface area (Å²) in [4.78, 5) is 47.3. The third kappa shape index (κ3) is 4.55. The maximum absolute atomic E-state index is 13.2. The Labute approximate surface area is 171 Å². The number of methoxy groups -OCH3 is 2. The largest absolute Gasteiger partial charge is 0.478 e. The van der Waals surface area contributed by atoms with Crippen LogP contribution in [0, 0.1) is 10.1 Å². The van der Waals surface area contributed by atoms with Crippen LogP contribution in [0.1, 0.15) is 15.9 Å². The number of aromatic carboxylic acids is 1. The fraction of sp³-hybridized carbons (Fsp3) is 0.167. The van der Waals surface area contributed by atoms with Crippen molar-refractivity contribution in [1.29, 1.82) is 0 Å². The standard InChI is InChI=1S/C18H13F3N2O8/c1-30-16(26)10-5-3-4-6-22(14(10)17(27)31-2)13-11(15(24)25)7-9(18(19,20)21)8-12(13)23(28)29/h3-8H,1-2H3,(H,24,25). The van der Waals surface area contributed by atoms with E-state index in [0.29, 0.717) is 4.90 Å². The Balaban J connectivity index is 3.01. The molecular weight excluding hydrogens is 429 g/mol. The molecule has 0 aromatic heterocycles. The molecule has 1 N–H and O–H groups in total. The number of carboxylic acids is 1. The smallest absolute Gasteiger partial charge is 0.416 e. The Kier molecular flexibility index (Phi) is 6.48. The summed E-state index contributed by atoms with van der Waals surface area (Å²) in [6.45, 7) is 0. The van der Waals surface area contributed by atoms with Gasteiger partial charge in [0.1, 0.15) is 11.4 Å². The van der Waals surface area contributed by atoms with Gasteiger partial charge in [-0.05, 0) is 18.2 Å². The quantitative estimate of drug-likeness (QED) is 0.415. The summed E-state index contributed by atoms with van der Waals surface area (Å²) in [5.74, 6) is -4.27. The number of carbonyl (C=O) groups is 3. The third-order valence-electron chi connectivity index (χ3n) is 3.97. The molecular formula is C18H13F3N2O8. The second kappa shape index (κ2) is 8.69. The molecule has 0 saturated carbocycles. The first-order valence-electron chi connectivity index (χ1n) is 8.12. The van der Waals surface area contributed by atoms with Gasteiger partial charge in [-0.25, -0.2) is 14.4 Å². The van der Waals surface area contributed by atoms with Crippen LogP contribution < -0.4 is 4.90 Å². The number of anilines is 1. The Hall–Kier alpha value is -4.16. The summed E-state index contributed by atoms with van der Waals surface area (Å²) in [5, 5.41) is 21.1. The highest BCUT2D eigenvalue weighted by Gasteiger charge is 2.39. The number of nitro groups is 1. The lowest BCUT2D eigenvalue weighted by molar-refractivity contribution is -0.384. The maximum atomic E-state index is 13.2. The second-order valence-electron chi connectivity index (χ2n) is 5.77. The summed E-state index contributed by atoms with van der Waals surface area (Å²) in [5.41, 5.74) is -6.08. The van der Waals surface area contributed by atoms with E-state index in [-0.39, 0.29) is 12.1 Å². The Morgan fingerprint density at radius 1 is 1.10 bits per heavy atom. The summed E-state index contributed by atoms with van der Waals surface area (Å²) in [7, 11) is 1.89. The summed E-state index contributed by atoms with van der Waals surface area (Å²) in [6, 6.07) is 0.310. The third-order valence-corrected chi connectivity index (χ3v) is 3.97. The molecule has 0 amide bonds. The summed E-state index contributed by atoms with van der Waals surface area (Å²) < 4.78 is 48.7. The highest BCUT2D eigenvalue weighted by Crippen LogP contribution is 2.41. The van der Waals surface area contributed by atoms with Gasteiger partial charge in [0, 0.05) is 12.3 Å². The number of alkyl halides is 3. The van der Waals surface area contributed by atoms with Crippen molar-refractivity contribution in [2.75, 3.05) is 19.1 Å². The molecule has 1 aromatic carbocycles. The minimum absolute atomic E-state index is 0.126. The SMILES string of the molecule is COC(=O)C1=C(C(=O)OC)N(c2c(C(=O)O)cc(C(F)(F)F)cc2[N+](=O)[O-])C=CC=C1. The molecule has 31 heavy (non-hydrogen) atoms. The molecule has 0 unspecified atom stereocenters. The van der Waals surface area contributed by atoms with E-state index in [1.807, 2.05) is 0 Å². The normalized spacial score (nSPS) is 13.6. The lowest BCUT2D eigenvalue weighted by atomic mass is 10.0. The molecule has 10 nitrogen and oxygen atoms in total. The van der Waals surface area contributed by atoms with Crippen LogP contribution in [0.15, 0.2) is 47.8 Å². The van der Waals surface area contributed by atoms with Crippen LogP contribution in [0.2, 0.25) is 0 Å². The first-order valence-corrected chi connectivity index (χ1v) is 8.12. The molecule has 0 spiro atoms. The number of carboxylic acid groups (broad SMARTS) is 1. The molecule has 13 heteroatoms. The van der Waals surface area contributed by atoms with Crippen LogP contribution >= 0.6 is 0 Å². The number of rotatable bonds is 5. The highest BCUT2D eigenvalue weighted by molar-refractivity contribution is 6.08. The zero-order valence-electron chi connectivity index (χ0n) is 15.8. The first kappa shape index (κ1) is 23.1. The fourth-order valence-corrected chi connectivity index (χ4v) is 2.67. The average Bonchev–Trinajstić information content (AvgIpc) is 2.93. The number of hydrogen-bond donors (Lipinski definition) is 1. The Morgan fingerprint density at radius 2 is 1.71 bits per heavy atom. The predicted octanol–water partition coefficient (Wildman–Crippen LogP) is 2.80. The number of allylic oxidation sites excluding steroid dienone is 2. The predicted molar refractivity (Wildman–Crippen MR) is 96.9 cm³/mol. The number of benzene rings is 1. The number of esters is 2. The van der Waals surface area contributed by atoms with E-state index in [4.69, 9.17) is 0 Å². The average molecular weight is 442 g/mol. The molecule has 0 radical (unpaired) electrons. The molecule has 1 heterocycles. The molecule has 164 valence electrons. The van der Waals surface area contributed by atoms with E-state index >= 15 is 0 Å². The zero-order valence-corrected chi connectivity index (χ0v) is 15.8. The van der Waals surface area contributed by atoms with Gasteiger partial charge in [0.2, 0.25) is 0 Å². The van der Waals surface area contributed by atoms with E-state index in [1.54, 1.807) is 0 Å². The van der Waals surface area contributed by atoms with Crippen molar-refractivity contribution < 1.29 is 47.1 Å². The molecule has 0 fully saturated rings. The van der Waals surface area contributed by atoms with Gasteiger partial charge in [-0.2, -0.15) is 13.2 Å². The van der Waals surface area contributed by atoms with Crippen LogP contribution in [0.5, 0.6) is 0 Å². The molecule has 0 bridgehead atoms. The summed E-state index contributed by atoms with van der Waals surface area (Å²) >= 11 is 0. The lowest BCUT2D eigenvalue weighted by Gasteiger charge is -2.24. The van der Waals surface area contributed by atoms with Crippen molar-refractivity contribution in [1.82, 2.24) is 0 Å². The number of ether oxygens (including phenoxy) is 2. The van der Waals surface area contributed by atoms with E-state index in [2.05, 4.69) is 9.47 Å². The molecule has 1 aliphatic heterocycles. The van der Waals surface area contributed by atoms with Crippen molar-refractivity contribution >= 4 is 29.3 Å². The van der Waals surface area contributed by atoms with Crippen molar-refractivity contribution in [2.24, 2.45) is 0 Å². The van der Waals surface area contributed by atoms with Gasteiger partial charge in [-0.15, -0.1) is 0 Å². The van der Waals surface area contributed by atoms with Crippen molar-refractivity contribution in [2.45, 2.75) is 6.18 Å². The van der Waals surface area contributed by atoms with Crippen LogP contribution in [0.25, 0.3) is 0 Å². The van der Waals surface area contributed by atoms with Crippen molar-refractivity contribution in [3.8, 4) is 0 Å². The van der Waals surface area contributed by atoms with E-state index < -0.39 is 62.8 Å². The monoisotopic (exact) mass is 442 g/mol. The van der Waals surface area contributed by atoms with Crippen LogP contribution in [0.3, 0.4) is 0 Å². The van der Waals surface area contributed by atoms with Gasteiger partial charge < -0.3 is 19.5 Å².